The van der Waals surface area contributed by atoms with E-state index < -0.39 is 0 Å². The molecule has 5 heteroatoms. The zero-order valence-corrected chi connectivity index (χ0v) is 8.61. The highest BCUT2D eigenvalue weighted by molar-refractivity contribution is 5.77. The predicted molar refractivity (Wildman–Crippen MR) is 54.1 cm³/mol. The topological polar surface area (TPSA) is 56.0 Å². The summed E-state index contributed by atoms with van der Waals surface area (Å²) in [7, 11) is 0. The van der Waals surface area contributed by atoms with Crippen molar-refractivity contribution in [2.45, 2.75) is 13.3 Å². The summed E-state index contributed by atoms with van der Waals surface area (Å²) in [5, 5.41) is 3.63. The molecule has 1 aromatic heterocycles. The second-order valence-electron chi connectivity index (χ2n) is 3.40. The van der Waals surface area contributed by atoms with Gasteiger partial charge in [0.2, 0.25) is 0 Å². The van der Waals surface area contributed by atoms with Gasteiger partial charge in [0.25, 0.3) is 5.89 Å². The summed E-state index contributed by atoms with van der Waals surface area (Å²) >= 11 is 0. The van der Waals surface area contributed by atoms with Crippen molar-refractivity contribution in [2.75, 3.05) is 0 Å². The third-order valence-electron chi connectivity index (χ3n) is 1.95. The van der Waals surface area contributed by atoms with Crippen LogP contribution in [0, 0.1) is 5.82 Å². The van der Waals surface area contributed by atoms with Crippen molar-refractivity contribution in [3.63, 3.8) is 0 Å². The van der Waals surface area contributed by atoms with E-state index in [0.717, 1.165) is 0 Å². The third kappa shape index (κ3) is 2.31. The lowest BCUT2D eigenvalue weighted by Gasteiger charge is -1.92. The van der Waals surface area contributed by atoms with Gasteiger partial charge in [0.1, 0.15) is 11.6 Å². The van der Waals surface area contributed by atoms with Crippen molar-refractivity contribution in [3.05, 3.63) is 35.9 Å². The monoisotopic (exact) mass is 220 g/mol. The Hall–Kier alpha value is -2.04. The van der Waals surface area contributed by atoms with Crippen LogP contribution in [0.25, 0.3) is 11.5 Å². The highest BCUT2D eigenvalue weighted by Gasteiger charge is 2.10. The normalized spacial score (nSPS) is 10.4. The number of nitrogens with zero attached hydrogens (tertiary/aromatic N) is 2. The minimum absolute atomic E-state index is 0.0495. The van der Waals surface area contributed by atoms with E-state index in [1.54, 1.807) is 12.1 Å². The maximum Gasteiger partial charge on any atom is 0.258 e. The van der Waals surface area contributed by atoms with Crippen LogP contribution in [0.3, 0.4) is 0 Å². The first kappa shape index (κ1) is 10.5. The SMILES string of the molecule is CC(=O)Cc1noc(-c2cccc(F)c2)n1. The molecule has 1 aromatic carbocycles. The number of Topliss-reactive ketones (excluding diaryl/α,β-unsaturated/α-hetero) is 1. The molecule has 4 nitrogen and oxygen atoms in total. The summed E-state index contributed by atoms with van der Waals surface area (Å²) in [4.78, 5) is 14.8. The molecular weight excluding hydrogens is 211 g/mol. The smallest absolute Gasteiger partial charge is 0.258 e. The summed E-state index contributed by atoms with van der Waals surface area (Å²) in [5.74, 6) is 0.109. The molecule has 2 aromatic rings. The summed E-state index contributed by atoms with van der Waals surface area (Å²) in [5.41, 5.74) is 0.502. The zero-order valence-electron chi connectivity index (χ0n) is 8.61. The maximum absolute atomic E-state index is 12.9. The number of hydrogen-bond donors (Lipinski definition) is 0. The summed E-state index contributed by atoms with van der Waals surface area (Å²) < 4.78 is 17.9. The Labute approximate surface area is 91.1 Å². The Morgan fingerprint density at radius 2 is 2.31 bits per heavy atom. The molecule has 82 valence electrons. The first-order chi connectivity index (χ1) is 7.65. The summed E-state index contributed by atoms with van der Waals surface area (Å²) in [6.45, 7) is 1.44. The molecule has 2 rings (SSSR count). The second-order valence-corrected chi connectivity index (χ2v) is 3.40. The molecule has 0 aliphatic carbocycles. The first-order valence-corrected chi connectivity index (χ1v) is 4.73. The lowest BCUT2D eigenvalue weighted by atomic mass is 10.2. The number of halogens is 1. The Balaban J connectivity index is 2.28. The molecule has 1 heterocycles. The first-order valence-electron chi connectivity index (χ1n) is 4.73. The molecule has 0 N–H and O–H groups in total. The van der Waals surface area contributed by atoms with Crippen LogP contribution < -0.4 is 0 Å². The van der Waals surface area contributed by atoms with Crippen LogP contribution in [0.5, 0.6) is 0 Å². The molecule has 0 unspecified atom stereocenters. The number of ketones is 1. The van der Waals surface area contributed by atoms with E-state index in [0.29, 0.717) is 11.4 Å². The van der Waals surface area contributed by atoms with Crippen LogP contribution in [-0.4, -0.2) is 15.9 Å². The van der Waals surface area contributed by atoms with Gasteiger partial charge in [-0.15, -0.1) is 0 Å². The molecule has 0 atom stereocenters. The van der Waals surface area contributed by atoms with Gasteiger partial charge in [0, 0.05) is 5.56 Å². The number of hydrogen-bond acceptors (Lipinski definition) is 4. The number of rotatable bonds is 3. The second kappa shape index (κ2) is 4.22. The van der Waals surface area contributed by atoms with Crippen LogP contribution in [-0.2, 0) is 11.2 Å². The molecule has 0 amide bonds. The molecule has 0 aliphatic heterocycles. The van der Waals surface area contributed by atoms with E-state index >= 15 is 0 Å². The van der Waals surface area contributed by atoms with Crippen molar-refractivity contribution in [3.8, 4) is 11.5 Å². The van der Waals surface area contributed by atoms with Crippen molar-refractivity contribution in [1.82, 2.24) is 10.1 Å². The molecule has 0 bridgehead atoms. The van der Waals surface area contributed by atoms with Crippen LogP contribution in [0.15, 0.2) is 28.8 Å². The van der Waals surface area contributed by atoms with Gasteiger partial charge >= 0.3 is 0 Å². The fourth-order valence-corrected chi connectivity index (χ4v) is 1.29. The lowest BCUT2D eigenvalue weighted by molar-refractivity contribution is -0.116. The van der Waals surface area contributed by atoms with E-state index in [9.17, 15) is 9.18 Å². The fraction of sp³-hybridized carbons (Fsp3) is 0.182. The van der Waals surface area contributed by atoms with E-state index in [4.69, 9.17) is 4.52 Å². The number of carbonyl (C=O) groups excluding carboxylic acids is 1. The average Bonchev–Trinajstić information content (AvgIpc) is 2.65. The van der Waals surface area contributed by atoms with Gasteiger partial charge in [-0.05, 0) is 25.1 Å². The summed E-state index contributed by atoms with van der Waals surface area (Å²) in [6, 6.07) is 5.84. The Bertz CT molecular complexity index is 522. The van der Waals surface area contributed by atoms with Crippen LogP contribution in [0.4, 0.5) is 4.39 Å². The van der Waals surface area contributed by atoms with Crippen LogP contribution >= 0.6 is 0 Å². The highest BCUT2D eigenvalue weighted by Crippen LogP contribution is 2.17. The fourth-order valence-electron chi connectivity index (χ4n) is 1.29. The largest absolute Gasteiger partial charge is 0.334 e. The quantitative estimate of drug-likeness (QED) is 0.793. The average molecular weight is 220 g/mol. The van der Waals surface area contributed by atoms with Gasteiger partial charge in [0.15, 0.2) is 5.82 Å². The van der Waals surface area contributed by atoms with E-state index in [1.165, 1.54) is 19.1 Å². The van der Waals surface area contributed by atoms with Crippen LogP contribution in [0.1, 0.15) is 12.7 Å². The van der Waals surface area contributed by atoms with Crippen molar-refractivity contribution in [1.29, 1.82) is 0 Å². The Kier molecular flexibility index (Phi) is 2.76. The molecule has 0 fully saturated rings. The standard InChI is InChI=1S/C11H9FN2O2/c1-7(15)5-10-13-11(16-14-10)8-3-2-4-9(12)6-8/h2-4,6H,5H2,1H3. The molecule has 0 saturated carbocycles. The van der Waals surface area contributed by atoms with Crippen molar-refractivity contribution in [2.24, 2.45) is 0 Å². The van der Waals surface area contributed by atoms with Gasteiger partial charge in [0.05, 0.1) is 6.42 Å². The van der Waals surface area contributed by atoms with Gasteiger partial charge in [-0.3, -0.25) is 4.79 Å². The maximum atomic E-state index is 12.9. The van der Waals surface area contributed by atoms with Gasteiger partial charge in [-0.2, -0.15) is 4.98 Å². The van der Waals surface area contributed by atoms with E-state index in [1.807, 2.05) is 0 Å². The molecule has 0 aliphatic rings. The van der Waals surface area contributed by atoms with Crippen molar-refractivity contribution < 1.29 is 13.7 Å². The van der Waals surface area contributed by atoms with Crippen molar-refractivity contribution >= 4 is 5.78 Å². The predicted octanol–water partition coefficient (Wildman–Crippen LogP) is 2.01. The zero-order chi connectivity index (χ0) is 11.5. The molecule has 0 radical (unpaired) electrons. The van der Waals surface area contributed by atoms with Gasteiger partial charge < -0.3 is 4.52 Å². The minimum Gasteiger partial charge on any atom is -0.334 e. The van der Waals surface area contributed by atoms with E-state index in [2.05, 4.69) is 10.1 Å². The summed E-state index contributed by atoms with van der Waals surface area (Å²) in [6.07, 6.45) is 0.124. The number of carbonyl (C=O) groups is 1. The van der Waals surface area contributed by atoms with Gasteiger partial charge in [-0.25, -0.2) is 4.39 Å². The minimum atomic E-state index is -0.371. The molecule has 0 saturated heterocycles. The van der Waals surface area contributed by atoms with E-state index in [-0.39, 0.29) is 23.9 Å². The molecule has 0 spiro atoms. The highest BCUT2D eigenvalue weighted by atomic mass is 19.1. The number of benzene rings is 1. The molecular formula is C11H9FN2O2. The number of aromatic nitrogens is 2. The van der Waals surface area contributed by atoms with Crippen LogP contribution in [0.2, 0.25) is 0 Å². The van der Waals surface area contributed by atoms with Gasteiger partial charge in [-0.1, -0.05) is 11.2 Å². The third-order valence-corrected chi connectivity index (χ3v) is 1.95. The Morgan fingerprint density at radius 3 is 3.00 bits per heavy atom. The Morgan fingerprint density at radius 1 is 1.50 bits per heavy atom. The molecule has 16 heavy (non-hydrogen) atoms. The lowest BCUT2D eigenvalue weighted by Crippen LogP contribution is -1.97.